The molecule has 5 nitrogen and oxygen atoms in total. The van der Waals surface area contributed by atoms with E-state index in [4.69, 9.17) is 29.6 Å². The van der Waals surface area contributed by atoms with Gasteiger partial charge in [0.15, 0.2) is 5.11 Å². The van der Waals surface area contributed by atoms with E-state index in [1.54, 1.807) is 36.4 Å². The molecule has 0 unspecified atom stereocenters. The average molecular weight is 307 g/mol. The highest BCUT2D eigenvalue weighted by Crippen LogP contribution is 2.22. The Morgan fingerprint density at radius 1 is 1.15 bits per heavy atom. The monoisotopic (exact) mass is 306 g/mol. The van der Waals surface area contributed by atoms with Crippen molar-refractivity contribution < 1.29 is 4.79 Å². The van der Waals surface area contributed by atoms with Crippen molar-refractivity contribution in [3.63, 3.8) is 0 Å². The van der Waals surface area contributed by atoms with Gasteiger partial charge in [-0.05, 0) is 36.5 Å². The van der Waals surface area contributed by atoms with Crippen LogP contribution in [-0.2, 0) is 0 Å². The summed E-state index contributed by atoms with van der Waals surface area (Å²) in [4.78, 5) is 16.0. The van der Waals surface area contributed by atoms with Gasteiger partial charge in [0, 0.05) is 6.20 Å². The Morgan fingerprint density at radius 3 is 2.40 bits per heavy atom. The fraction of sp³-hybridized carbons (Fsp3) is 0. The molecule has 0 atom stereocenters. The molecule has 1 amide bonds. The second kappa shape index (κ2) is 6.31. The number of halogens is 1. The van der Waals surface area contributed by atoms with E-state index in [0.29, 0.717) is 16.9 Å². The van der Waals surface area contributed by atoms with E-state index in [0.717, 1.165) is 0 Å². The molecule has 1 heterocycles. The summed E-state index contributed by atoms with van der Waals surface area (Å²) in [6, 6.07) is 10.3. The van der Waals surface area contributed by atoms with Crippen LogP contribution in [-0.4, -0.2) is 16.0 Å². The molecule has 0 saturated heterocycles. The maximum absolute atomic E-state index is 12.1. The number of amides is 1. The average Bonchev–Trinajstić information content (AvgIpc) is 2.41. The van der Waals surface area contributed by atoms with Crippen LogP contribution in [0, 0.1) is 0 Å². The molecule has 0 radical (unpaired) electrons. The van der Waals surface area contributed by atoms with E-state index in [-0.39, 0.29) is 16.2 Å². The lowest BCUT2D eigenvalue weighted by Gasteiger charge is -2.12. The van der Waals surface area contributed by atoms with Crippen molar-refractivity contribution in [2.24, 2.45) is 5.73 Å². The summed E-state index contributed by atoms with van der Waals surface area (Å²) in [6.07, 6.45) is 1.52. The number of pyridine rings is 1. The minimum atomic E-state index is -0.361. The third kappa shape index (κ3) is 3.43. The van der Waals surface area contributed by atoms with E-state index in [2.05, 4.69) is 15.6 Å². The summed E-state index contributed by atoms with van der Waals surface area (Å²) >= 11 is 10.7. The van der Waals surface area contributed by atoms with Gasteiger partial charge in [-0.1, -0.05) is 23.7 Å². The van der Waals surface area contributed by atoms with Crippen molar-refractivity contribution in [3.05, 3.63) is 53.3 Å². The van der Waals surface area contributed by atoms with Crippen molar-refractivity contribution >= 4 is 46.2 Å². The molecule has 0 aliphatic heterocycles. The smallest absolute Gasteiger partial charge is 0.258 e. The van der Waals surface area contributed by atoms with Crippen LogP contribution < -0.4 is 16.4 Å². The molecule has 2 aromatic rings. The number of anilines is 2. The predicted molar refractivity (Wildman–Crippen MR) is 84.1 cm³/mol. The van der Waals surface area contributed by atoms with Crippen molar-refractivity contribution in [1.82, 2.24) is 4.98 Å². The number of thiocarbonyl (C=S) groups is 1. The van der Waals surface area contributed by atoms with Gasteiger partial charge >= 0.3 is 0 Å². The summed E-state index contributed by atoms with van der Waals surface area (Å²) in [5.41, 5.74) is 6.88. The number of carbonyl (C=O) groups is 1. The molecule has 4 N–H and O–H groups in total. The highest BCUT2D eigenvalue weighted by atomic mass is 35.5. The molecule has 1 aromatic heterocycles. The van der Waals surface area contributed by atoms with E-state index in [9.17, 15) is 4.79 Å². The Morgan fingerprint density at radius 2 is 1.80 bits per heavy atom. The molecular weight excluding hydrogens is 296 g/mol. The first-order valence-electron chi connectivity index (χ1n) is 5.65. The second-order valence-electron chi connectivity index (χ2n) is 3.83. The van der Waals surface area contributed by atoms with Gasteiger partial charge in [0.1, 0.15) is 5.15 Å². The quantitative estimate of drug-likeness (QED) is 0.600. The van der Waals surface area contributed by atoms with Crippen molar-refractivity contribution in [2.75, 3.05) is 10.6 Å². The lowest BCUT2D eigenvalue weighted by Crippen LogP contribution is -2.21. The van der Waals surface area contributed by atoms with E-state index >= 15 is 0 Å². The highest BCUT2D eigenvalue weighted by Gasteiger charge is 2.12. The molecule has 0 saturated carbocycles. The number of para-hydroxylation sites is 2. The van der Waals surface area contributed by atoms with Gasteiger partial charge in [0.05, 0.1) is 16.9 Å². The van der Waals surface area contributed by atoms with Crippen molar-refractivity contribution in [3.8, 4) is 0 Å². The maximum Gasteiger partial charge on any atom is 0.258 e. The van der Waals surface area contributed by atoms with Gasteiger partial charge in [-0.25, -0.2) is 4.98 Å². The Kier molecular flexibility index (Phi) is 4.49. The fourth-order valence-electron chi connectivity index (χ4n) is 1.58. The predicted octanol–water partition coefficient (Wildman–Crippen LogP) is 2.64. The first-order valence-corrected chi connectivity index (χ1v) is 6.44. The number of nitrogens with two attached hydrogens (primary N) is 1. The zero-order chi connectivity index (χ0) is 14.5. The highest BCUT2D eigenvalue weighted by molar-refractivity contribution is 7.80. The van der Waals surface area contributed by atoms with Gasteiger partial charge < -0.3 is 16.4 Å². The molecule has 7 heteroatoms. The molecular formula is C13H11ClN4OS. The first kappa shape index (κ1) is 14.2. The molecule has 0 aliphatic carbocycles. The Bertz CT molecular complexity index is 662. The first-order chi connectivity index (χ1) is 9.58. The van der Waals surface area contributed by atoms with Crippen LogP contribution >= 0.6 is 23.8 Å². The zero-order valence-electron chi connectivity index (χ0n) is 10.3. The lowest BCUT2D eigenvalue weighted by atomic mass is 10.2. The molecule has 102 valence electrons. The van der Waals surface area contributed by atoms with Crippen LogP contribution in [0.25, 0.3) is 0 Å². The van der Waals surface area contributed by atoms with Crippen LogP contribution in [0.3, 0.4) is 0 Å². The van der Waals surface area contributed by atoms with Crippen LogP contribution in [0.15, 0.2) is 42.6 Å². The van der Waals surface area contributed by atoms with Crippen LogP contribution in [0.1, 0.15) is 10.4 Å². The second-order valence-corrected chi connectivity index (χ2v) is 4.63. The minimum absolute atomic E-state index is 0.117. The molecule has 1 aromatic carbocycles. The summed E-state index contributed by atoms with van der Waals surface area (Å²) in [5.74, 6) is -0.361. The molecule has 0 spiro atoms. The summed E-state index contributed by atoms with van der Waals surface area (Å²) in [6.45, 7) is 0. The van der Waals surface area contributed by atoms with Crippen LogP contribution in [0.4, 0.5) is 11.4 Å². The van der Waals surface area contributed by atoms with Gasteiger partial charge in [0.25, 0.3) is 5.91 Å². The number of hydrogen-bond donors (Lipinski definition) is 3. The van der Waals surface area contributed by atoms with Crippen molar-refractivity contribution in [1.29, 1.82) is 0 Å². The van der Waals surface area contributed by atoms with Crippen molar-refractivity contribution in [2.45, 2.75) is 0 Å². The Hall–Kier alpha value is -2.18. The van der Waals surface area contributed by atoms with Gasteiger partial charge in [-0.3, -0.25) is 4.79 Å². The van der Waals surface area contributed by atoms with Crippen LogP contribution in [0.5, 0.6) is 0 Å². The maximum atomic E-state index is 12.1. The third-order valence-electron chi connectivity index (χ3n) is 2.44. The number of nitrogens with zero attached hydrogens (tertiary/aromatic N) is 1. The normalized spacial score (nSPS) is 9.85. The largest absolute Gasteiger partial charge is 0.376 e. The van der Waals surface area contributed by atoms with Crippen LogP contribution in [0.2, 0.25) is 5.15 Å². The number of rotatable bonds is 3. The standard InChI is InChI=1S/C13H11ClN4OS/c14-11-8(4-3-7-16-11)12(19)17-9-5-1-2-6-10(9)18-13(15)20/h1-7H,(H,17,19)(H3,15,18,20). The molecule has 0 aliphatic rings. The van der Waals surface area contributed by atoms with E-state index < -0.39 is 0 Å². The number of hydrogen-bond acceptors (Lipinski definition) is 3. The SMILES string of the molecule is NC(=S)Nc1ccccc1NC(=O)c1cccnc1Cl. The molecule has 20 heavy (non-hydrogen) atoms. The fourth-order valence-corrected chi connectivity index (χ4v) is 1.89. The summed E-state index contributed by atoms with van der Waals surface area (Å²) in [5, 5.41) is 5.78. The Labute approximate surface area is 126 Å². The van der Waals surface area contributed by atoms with E-state index in [1.165, 1.54) is 6.20 Å². The Balaban J connectivity index is 2.24. The number of carbonyl (C=O) groups excluding carboxylic acids is 1. The zero-order valence-corrected chi connectivity index (χ0v) is 11.8. The molecule has 0 bridgehead atoms. The topological polar surface area (TPSA) is 80.0 Å². The number of benzene rings is 1. The minimum Gasteiger partial charge on any atom is -0.376 e. The summed E-state index contributed by atoms with van der Waals surface area (Å²) in [7, 11) is 0. The van der Waals surface area contributed by atoms with Gasteiger partial charge in [0.2, 0.25) is 0 Å². The third-order valence-corrected chi connectivity index (χ3v) is 2.84. The van der Waals surface area contributed by atoms with E-state index in [1.807, 2.05) is 0 Å². The number of nitrogens with one attached hydrogen (secondary N) is 2. The molecule has 2 rings (SSSR count). The summed E-state index contributed by atoms with van der Waals surface area (Å²) < 4.78 is 0. The number of aromatic nitrogens is 1. The molecule has 0 fully saturated rings. The van der Waals surface area contributed by atoms with Gasteiger partial charge in [-0.2, -0.15) is 0 Å². The van der Waals surface area contributed by atoms with Gasteiger partial charge in [-0.15, -0.1) is 0 Å². The lowest BCUT2D eigenvalue weighted by molar-refractivity contribution is 0.102.